The monoisotopic (exact) mass is 248 g/mol. The van der Waals surface area contributed by atoms with Crippen molar-refractivity contribution >= 4 is 11.6 Å². The molecule has 0 spiro atoms. The van der Waals surface area contributed by atoms with Crippen LogP contribution in [0, 0.1) is 17.5 Å². The highest BCUT2D eigenvalue weighted by atomic mass is 35.5. The first kappa shape index (κ1) is 10.9. The molecule has 0 radical (unpaired) electrons. The topological polar surface area (TPSA) is 43.6 Å². The summed E-state index contributed by atoms with van der Waals surface area (Å²) in [4.78, 5) is 0. The van der Waals surface area contributed by atoms with Gasteiger partial charge in [-0.05, 0) is 10.4 Å². The first-order valence-corrected chi connectivity index (χ1v) is 4.65. The van der Waals surface area contributed by atoms with Gasteiger partial charge in [-0.1, -0.05) is 0 Å². The molecule has 0 aliphatic rings. The van der Waals surface area contributed by atoms with E-state index >= 15 is 0 Å². The SMILES string of the molecule is Fc1cc(F)c(F)c(-n2nnnc2CCl)c1. The highest BCUT2D eigenvalue weighted by molar-refractivity contribution is 6.16. The fourth-order valence-electron chi connectivity index (χ4n) is 1.17. The second-order valence-electron chi connectivity index (χ2n) is 2.86. The van der Waals surface area contributed by atoms with Crippen LogP contribution in [0.2, 0.25) is 0 Å². The van der Waals surface area contributed by atoms with E-state index in [4.69, 9.17) is 11.6 Å². The van der Waals surface area contributed by atoms with Crippen LogP contribution < -0.4 is 0 Å². The lowest BCUT2D eigenvalue weighted by Crippen LogP contribution is -2.06. The average Bonchev–Trinajstić information content (AvgIpc) is 2.71. The lowest BCUT2D eigenvalue weighted by atomic mass is 10.3. The van der Waals surface area contributed by atoms with E-state index in [2.05, 4.69) is 15.5 Å². The van der Waals surface area contributed by atoms with Crippen molar-refractivity contribution in [1.29, 1.82) is 0 Å². The van der Waals surface area contributed by atoms with Crippen LogP contribution in [-0.4, -0.2) is 20.2 Å². The van der Waals surface area contributed by atoms with Crippen LogP contribution in [-0.2, 0) is 5.88 Å². The van der Waals surface area contributed by atoms with Crippen molar-refractivity contribution in [2.45, 2.75) is 5.88 Å². The molecule has 0 aliphatic heterocycles. The van der Waals surface area contributed by atoms with Gasteiger partial charge in [-0.25, -0.2) is 13.2 Å². The third kappa shape index (κ3) is 1.73. The van der Waals surface area contributed by atoms with Crippen molar-refractivity contribution in [3.05, 3.63) is 35.4 Å². The summed E-state index contributed by atoms with van der Waals surface area (Å²) in [5.41, 5.74) is -0.418. The minimum Gasteiger partial charge on any atom is -0.207 e. The second kappa shape index (κ2) is 4.09. The molecular weight excluding hydrogens is 245 g/mol. The Morgan fingerprint density at radius 1 is 1.25 bits per heavy atom. The van der Waals surface area contributed by atoms with E-state index in [0.717, 1.165) is 10.7 Å². The smallest absolute Gasteiger partial charge is 0.184 e. The van der Waals surface area contributed by atoms with Gasteiger partial charge < -0.3 is 0 Å². The van der Waals surface area contributed by atoms with Gasteiger partial charge in [0.1, 0.15) is 11.5 Å². The largest absolute Gasteiger partial charge is 0.207 e. The third-order valence-electron chi connectivity index (χ3n) is 1.86. The molecule has 2 aromatic rings. The van der Waals surface area contributed by atoms with Crippen LogP contribution in [0.1, 0.15) is 5.82 Å². The number of alkyl halides is 1. The van der Waals surface area contributed by atoms with Crippen molar-refractivity contribution in [2.75, 3.05) is 0 Å². The maximum atomic E-state index is 13.4. The molecule has 84 valence electrons. The first-order valence-electron chi connectivity index (χ1n) is 4.11. The average molecular weight is 249 g/mol. The minimum absolute atomic E-state index is 0.0885. The molecule has 0 aliphatic carbocycles. The zero-order valence-electron chi connectivity index (χ0n) is 7.66. The maximum Gasteiger partial charge on any atom is 0.184 e. The summed E-state index contributed by atoms with van der Waals surface area (Å²) in [7, 11) is 0. The van der Waals surface area contributed by atoms with E-state index in [9.17, 15) is 13.2 Å². The second-order valence-corrected chi connectivity index (χ2v) is 3.13. The summed E-state index contributed by atoms with van der Waals surface area (Å²) in [6, 6.07) is 1.22. The zero-order chi connectivity index (χ0) is 11.7. The normalized spacial score (nSPS) is 10.8. The Morgan fingerprint density at radius 2 is 2.00 bits per heavy atom. The highest BCUT2D eigenvalue weighted by Crippen LogP contribution is 2.18. The van der Waals surface area contributed by atoms with Crippen LogP contribution in [0.3, 0.4) is 0 Å². The summed E-state index contributed by atoms with van der Waals surface area (Å²) in [6.45, 7) is 0. The van der Waals surface area contributed by atoms with Crippen LogP contribution >= 0.6 is 11.6 Å². The molecule has 0 atom stereocenters. The van der Waals surface area contributed by atoms with Crippen LogP contribution in [0.5, 0.6) is 0 Å². The number of tetrazole rings is 1. The fourth-order valence-corrected chi connectivity index (χ4v) is 1.34. The van der Waals surface area contributed by atoms with E-state index in [1.165, 1.54) is 0 Å². The molecular formula is C8H4ClF3N4. The molecule has 1 heterocycles. The Balaban J connectivity index is 2.64. The van der Waals surface area contributed by atoms with Crippen LogP contribution in [0.25, 0.3) is 5.69 Å². The molecule has 1 aromatic carbocycles. The number of halogens is 4. The Labute approximate surface area is 92.6 Å². The number of rotatable bonds is 2. The number of aromatic nitrogens is 4. The Hall–Kier alpha value is -1.63. The van der Waals surface area contributed by atoms with Gasteiger partial charge in [0.05, 0.1) is 5.88 Å². The molecule has 0 N–H and O–H groups in total. The van der Waals surface area contributed by atoms with E-state index in [1.807, 2.05) is 0 Å². The molecule has 0 saturated carbocycles. The molecule has 0 bridgehead atoms. The quantitative estimate of drug-likeness (QED) is 0.601. The summed E-state index contributed by atoms with van der Waals surface area (Å²) >= 11 is 5.48. The van der Waals surface area contributed by atoms with E-state index in [0.29, 0.717) is 6.07 Å². The van der Waals surface area contributed by atoms with E-state index in [1.54, 1.807) is 0 Å². The van der Waals surface area contributed by atoms with Gasteiger partial charge in [-0.3, -0.25) is 0 Å². The molecule has 1 aromatic heterocycles. The highest BCUT2D eigenvalue weighted by Gasteiger charge is 2.16. The van der Waals surface area contributed by atoms with Crippen molar-refractivity contribution in [3.63, 3.8) is 0 Å². The van der Waals surface area contributed by atoms with E-state index in [-0.39, 0.29) is 11.7 Å². The first-order chi connectivity index (χ1) is 7.63. The lowest BCUT2D eigenvalue weighted by molar-refractivity contribution is 0.486. The standard InChI is InChI=1S/C8H4ClF3N4/c9-3-7-13-14-15-16(7)6-2-4(10)1-5(11)8(6)12/h1-2H,3H2. The molecule has 16 heavy (non-hydrogen) atoms. The van der Waals surface area contributed by atoms with Crippen LogP contribution in [0.4, 0.5) is 13.2 Å². The minimum atomic E-state index is -1.31. The van der Waals surface area contributed by atoms with Gasteiger partial charge in [-0.15, -0.1) is 16.7 Å². The van der Waals surface area contributed by atoms with Gasteiger partial charge in [0.15, 0.2) is 17.5 Å². The van der Waals surface area contributed by atoms with Crippen LogP contribution in [0.15, 0.2) is 12.1 Å². The van der Waals surface area contributed by atoms with Crippen molar-refractivity contribution in [3.8, 4) is 5.69 Å². The zero-order valence-corrected chi connectivity index (χ0v) is 8.42. The Kier molecular flexibility index (Phi) is 2.78. The molecule has 2 rings (SSSR count). The summed E-state index contributed by atoms with van der Waals surface area (Å²) in [5, 5.41) is 10.1. The lowest BCUT2D eigenvalue weighted by Gasteiger charge is -2.04. The molecule has 0 amide bonds. The molecule has 0 unspecified atom stereocenters. The summed E-state index contributed by atoms with van der Waals surface area (Å²) < 4.78 is 40.1. The maximum absolute atomic E-state index is 13.4. The van der Waals surface area contributed by atoms with Crippen molar-refractivity contribution in [2.24, 2.45) is 0 Å². The van der Waals surface area contributed by atoms with Gasteiger partial charge in [0.2, 0.25) is 0 Å². The number of nitrogens with zero attached hydrogens (tertiary/aromatic N) is 4. The number of benzene rings is 1. The molecule has 0 fully saturated rings. The van der Waals surface area contributed by atoms with Gasteiger partial charge in [0, 0.05) is 12.1 Å². The number of hydrogen-bond donors (Lipinski definition) is 0. The third-order valence-corrected chi connectivity index (χ3v) is 2.09. The van der Waals surface area contributed by atoms with E-state index < -0.39 is 23.1 Å². The summed E-state index contributed by atoms with van der Waals surface area (Å²) in [5.74, 6) is -3.49. The van der Waals surface area contributed by atoms with Gasteiger partial charge in [0.25, 0.3) is 0 Å². The number of hydrogen-bond acceptors (Lipinski definition) is 3. The molecule has 4 nitrogen and oxygen atoms in total. The Bertz CT molecular complexity index is 528. The van der Waals surface area contributed by atoms with Gasteiger partial charge >= 0.3 is 0 Å². The molecule has 0 saturated heterocycles. The van der Waals surface area contributed by atoms with Crippen molar-refractivity contribution < 1.29 is 13.2 Å². The van der Waals surface area contributed by atoms with Crippen molar-refractivity contribution in [1.82, 2.24) is 20.2 Å². The Morgan fingerprint density at radius 3 is 2.69 bits per heavy atom. The predicted molar refractivity (Wildman–Crippen MR) is 48.6 cm³/mol. The predicted octanol–water partition coefficient (Wildman–Crippen LogP) is 1.82. The fraction of sp³-hybridized carbons (Fsp3) is 0.125. The molecule has 8 heteroatoms. The summed E-state index contributed by atoms with van der Waals surface area (Å²) in [6.07, 6.45) is 0. The van der Waals surface area contributed by atoms with Gasteiger partial charge in [-0.2, -0.15) is 4.68 Å².